The molecule has 20 heavy (non-hydrogen) atoms. The second kappa shape index (κ2) is 7.24. The molecule has 0 spiro atoms. The summed E-state index contributed by atoms with van der Waals surface area (Å²) in [5, 5.41) is 9.72. The van der Waals surface area contributed by atoms with Gasteiger partial charge in [-0.3, -0.25) is 4.79 Å². The highest BCUT2D eigenvalue weighted by atomic mass is 32.1. The maximum Gasteiger partial charge on any atom is 0.254 e. The van der Waals surface area contributed by atoms with Crippen LogP contribution in [0.25, 0.3) is 0 Å². The highest BCUT2D eigenvalue weighted by Crippen LogP contribution is 2.21. The van der Waals surface area contributed by atoms with Crippen molar-refractivity contribution in [2.75, 3.05) is 13.1 Å². The van der Waals surface area contributed by atoms with E-state index in [0.29, 0.717) is 41.5 Å². The SMILES string of the molecule is Cc1c(O)cccc1C(=O)N(CCC(N)=S)CC(C)C. The van der Waals surface area contributed by atoms with Crippen LogP contribution in [0.4, 0.5) is 0 Å². The predicted molar refractivity (Wildman–Crippen MR) is 85.0 cm³/mol. The highest BCUT2D eigenvalue weighted by molar-refractivity contribution is 7.80. The average Bonchev–Trinajstić information content (AvgIpc) is 2.36. The van der Waals surface area contributed by atoms with Gasteiger partial charge in [0.25, 0.3) is 5.91 Å². The molecule has 5 heteroatoms. The maximum atomic E-state index is 12.6. The minimum Gasteiger partial charge on any atom is -0.508 e. The van der Waals surface area contributed by atoms with Crippen molar-refractivity contribution in [2.45, 2.75) is 27.2 Å². The lowest BCUT2D eigenvalue weighted by Gasteiger charge is -2.25. The predicted octanol–water partition coefficient (Wildman–Crippen LogP) is 2.48. The number of aromatic hydroxyl groups is 1. The molecule has 0 aliphatic heterocycles. The van der Waals surface area contributed by atoms with Crippen LogP contribution in [0.15, 0.2) is 18.2 Å². The first-order valence-corrected chi connectivity index (χ1v) is 7.10. The van der Waals surface area contributed by atoms with Gasteiger partial charge >= 0.3 is 0 Å². The summed E-state index contributed by atoms with van der Waals surface area (Å²) in [7, 11) is 0. The van der Waals surface area contributed by atoms with E-state index in [0.717, 1.165) is 0 Å². The molecule has 0 aliphatic carbocycles. The lowest BCUT2D eigenvalue weighted by atomic mass is 10.1. The topological polar surface area (TPSA) is 66.6 Å². The summed E-state index contributed by atoms with van der Waals surface area (Å²) in [6.45, 7) is 6.98. The zero-order chi connectivity index (χ0) is 15.3. The van der Waals surface area contributed by atoms with Gasteiger partial charge < -0.3 is 15.7 Å². The van der Waals surface area contributed by atoms with Gasteiger partial charge in [0.15, 0.2) is 0 Å². The number of rotatable bonds is 6. The first-order valence-electron chi connectivity index (χ1n) is 6.69. The second-order valence-electron chi connectivity index (χ2n) is 5.31. The Labute approximate surface area is 125 Å². The third kappa shape index (κ3) is 4.49. The summed E-state index contributed by atoms with van der Waals surface area (Å²) < 4.78 is 0. The molecule has 3 N–H and O–H groups in total. The smallest absolute Gasteiger partial charge is 0.254 e. The Hall–Kier alpha value is -1.62. The quantitative estimate of drug-likeness (QED) is 0.791. The molecular weight excluding hydrogens is 272 g/mol. The third-order valence-electron chi connectivity index (χ3n) is 3.04. The molecule has 0 saturated carbocycles. The average molecular weight is 294 g/mol. The molecule has 1 amide bonds. The monoisotopic (exact) mass is 294 g/mol. The number of amides is 1. The van der Waals surface area contributed by atoms with Crippen molar-refractivity contribution in [1.82, 2.24) is 4.90 Å². The van der Waals surface area contributed by atoms with E-state index in [1.165, 1.54) is 0 Å². The number of carbonyl (C=O) groups excluding carboxylic acids is 1. The first kappa shape index (κ1) is 16.4. The summed E-state index contributed by atoms with van der Waals surface area (Å²) in [6.07, 6.45) is 0.506. The molecule has 0 heterocycles. The fraction of sp³-hybridized carbons (Fsp3) is 0.467. The molecule has 0 aromatic heterocycles. The van der Waals surface area contributed by atoms with E-state index in [2.05, 4.69) is 13.8 Å². The molecule has 1 aromatic carbocycles. The number of thiocarbonyl (C=S) groups is 1. The van der Waals surface area contributed by atoms with E-state index in [1.54, 1.807) is 30.0 Å². The van der Waals surface area contributed by atoms with Crippen LogP contribution in [0, 0.1) is 12.8 Å². The van der Waals surface area contributed by atoms with Gasteiger partial charge in [0, 0.05) is 30.6 Å². The Morgan fingerprint density at radius 3 is 2.65 bits per heavy atom. The number of nitrogens with two attached hydrogens (primary N) is 1. The van der Waals surface area contributed by atoms with Crippen molar-refractivity contribution < 1.29 is 9.90 Å². The molecular formula is C15H22N2O2S. The van der Waals surface area contributed by atoms with E-state index in [-0.39, 0.29) is 11.7 Å². The summed E-state index contributed by atoms with van der Waals surface area (Å²) in [4.78, 5) is 14.7. The molecule has 0 aliphatic rings. The minimum absolute atomic E-state index is 0.0941. The van der Waals surface area contributed by atoms with E-state index in [9.17, 15) is 9.90 Å². The Kier molecular flexibility index (Phi) is 5.95. The summed E-state index contributed by atoms with van der Waals surface area (Å²) in [5.41, 5.74) is 6.64. The standard InChI is InChI=1S/C15H22N2O2S/c1-10(2)9-17(8-7-14(16)20)15(19)12-5-4-6-13(18)11(12)3/h4-6,10,18H,7-9H2,1-3H3,(H2,16,20). The Morgan fingerprint density at radius 1 is 1.45 bits per heavy atom. The fourth-order valence-corrected chi connectivity index (χ4v) is 2.08. The van der Waals surface area contributed by atoms with Crippen LogP contribution in [0.3, 0.4) is 0 Å². The van der Waals surface area contributed by atoms with Crippen molar-refractivity contribution in [3.05, 3.63) is 29.3 Å². The van der Waals surface area contributed by atoms with Crippen LogP contribution in [0.1, 0.15) is 36.2 Å². The molecule has 0 radical (unpaired) electrons. The van der Waals surface area contributed by atoms with Crippen LogP contribution >= 0.6 is 12.2 Å². The third-order valence-corrected chi connectivity index (χ3v) is 3.24. The van der Waals surface area contributed by atoms with Gasteiger partial charge in [-0.2, -0.15) is 0 Å². The van der Waals surface area contributed by atoms with Crippen LogP contribution in [0.5, 0.6) is 5.75 Å². The van der Waals surface area contributed by atoms with Gasteiger partial charge in [0.2, 0.25) is 0 Å². The molecule has 4 nitrogen and oxygen atoms in total. The number of hydrogen-bond acceptors (Lipinski definition) is 3. The zero-order valence-corrected chi connectivity index (χ0v) is 13.0. The van der Waals surface area contributed by atoms with Crippen molar-refractivity contribution in [2.24, 2.45) is 11.7 Å². The second-order valence-corrected chi connectivity index (χ2v) is 5.84. The van der Waals surface area contributed by atoms with Crippen LogP contribution < -0.4 is 5.73 Å². The van der Waals surface area contributed by atoms with Crippen molar-refractivity contribution in [3.63, 3.8) is 0 Å². The Bertz CT molecular complexity index is 501. The van der Waals surface area contributed by atoms with Crippen LogP contribution in [-0.4, -0.2) is 34.0 Å². The summed E-state index contributed by atoms with van der Waals surface area (Å²) >= 11 is 4.88. The minimum atomic E-state index is -0.0941. The van der Waals surface area contributed by atoms with Gasteiger partial charge in [-0.15, -0.1) is 0 Å². The number of benzene rings is 1. The van der Waals surface area contributed by atoms with Gasteiger partial charge in [0.1, 0.15) is 5.75 Å². The molecule has 0 fully saturated rings. The number of phenols is 1. The van der Waals surface area contributed by atoms with Gasteiger partial charge in [-0.1, -0.05) is 32.1 Å². The maximum absolute atomic E-state index is 12.6. The first-order chi connectivity index (χ1) is 9.32. The number of phenolic OH excluding ortho intramolecular Hbond substituents is 1. The molecule has 0 atom stereocenters. The van der Waals surface area contributed by atoms with Crippen molar-refractivity contribution in [1.29, 1.82) is 0 Å². The fourth-order valence-electron chi connectivity index (χ4n) is 1.99. The van der Waals surface area contributed by atoms with E-state index in [4.69, 9.17) is 18.0 Å². The van der Waals surface area contributed by atoms with Gasteiger partial charge in [-0.05, 0) is 25.0 Å². The molecule has 0 bridgehead atoms. The molecule has 0 saturated heterocycles. The summed E-state index contributed by atoms with van der Waals surface area (Å²) in [5.74, 6) is 0.390. The molecule has 1 aromatic rings. The molecule has 0 unspecified atom stereocenters. The van der Waals surface area contributed by atoms with E-state index < -0.39 is 0 Å². The largest absolute Gasteiger partial charge is 0.508 e. The van der Waals surface area contributed by atoms with Gasteiger partial charge in [-0.25, -0.2) is 0 Å². The molecule has 110 valence electrons. The normalized spacial score (nSPS) is 10.6. The number of carbonyl (C=O) groups is 1. The van der Waals surface area contributed by atoms with Gasteiger partial charge in [0.05, 0.1) is 4.99 Å². The zero-order valence-electron chi connectivity index (χ0n) is 12.2. The Balaban J connectivity index is 2.96. The Morgan fingerprint density at radius 2 is 2.10 bits per heavy atom. The van der Waals surface area contributed by atoms with Crippen LogP contribution in [0.2, 0.25) is 0 Å². The molecule has 1 rings (SSSR count). The number of nitrogens with zero attached hydrogens (tertiary/aromatic N) is 1. The van der Waals surface area contributed by atoms with Crippen LogP contribution in [-0.2, 0) is 0 Å². The van der Waals surface area contributed by atoms with Crippen molar-refractivity contribution in [3.8, 4) is 5.75 Å². The van der Waals surface area contributed by atoms with Crippen molar-refractivity contribution >= 4 is 23.1 Å². The number of hydrogen-bond donors (Lipinski definition) is 2. The lowest BCUT2D eigenvalue weighted by molar-refractivity contribution is 0.0740. The van der Waals surface area contributed by atoms with E-state index >= 15 is 0 Å². The highest BCUT2D eigenvalue weighted by Gasteiger charge is 2.19. The lowest BCUT2D eigenvalue weighted by Crippen LogP contribution is -2.36. The van der Waals surface area contributed by atoms with E-state index in [1.807, 2.05) is 0 Å². The summed E-state index contributed by atoms with van der Waals surface area (Å²) in [6, 6.07) is 4.98.